The van der Waals surface area contributed by atoms with E-state index in [1.807, 2.05) is 36.4 Å². The van der Waals surface area contributed by atoms with Crippen LogP contribution in [0.1, 0.15) is 24.1 Å². The second-order valence-electron chi connectivity index (χ2n) is 5.03. The Hall–Kier alpha value is -2.00. The van der Waals surface area contributed by atoms with Crippen molar-refractivity contribution in [2.24, 2.45) is 0 Å². The van der Waals surface area contributed by atoms with Gasteiger partial charge in [-0.3, -0.25) is 0 Å². The molecule has 0 aliphatic carbocycles. The smallest absolute Gasteiger partial charge is 0.123 e. The fourth-order valence-electron chi connectivity index (χ4n) is 2.29. The van der Waals surface area contributed by atoms with E-state index in [-0.39, 0.29) is 6.04 Å². The van der Waals surface area contributed by atoms with Gasteiger partial charge in [0.2, 0.25) is 0 Å². The molecule has 3 nitrogen and oxygen atoms in total. The molecule has 0 amide bonds. The van der Waals surface area contributed by atoms with Crippen molar-refractivity contribution in [1.29, 1.82) is 0 Å². The van der Waals surface area contributed by atoms with E-state index in [0.29, 0.717) is 6.61 Å². The van der Waals surface area contributed by atoms with Crippen LogP contribution in [0.2, 0.25) is 0 Å². The normalized spacial score (nSPS) is 12.0. The maximum Gasteiger partial charge on any atom is 0.123 e. The molecule has 2 aromatic carbocycles. The number of ether oxygens (including phenoxy) is 2. The molecule has 2 rings (SSSR count). The third-order valence-corrected chi connectivity index (χ3v) is 3.51. The molecule has 3 heteroatoms. The summed E-state index contributed by atoms with van der Waals surface area (Å²) in [5.41, 5.74) is 2.33. The number of nitrogens with one attached hydrogen (secondary N) is 1. The van der Waals surface area contributed by atoms with Gasteiger partial charge in [-0.15, -0.1) is 0 Å². The Morgan fingerprint density at radius 2 is 1.67 bits per heavy atom. The minimum Gasteiger partial charge on any atom is -0.496 e. The van der Waals surface area contributed by atoms with E-state index >= 15 is 0 Å². The van der Waals surface area contributed by atoms with E-state index in [4.69, 9.17) is 9.47 Å². The van der Waals surface area contributed by atoms with Gasteiger partial charge in [-0.1, -0.05) is 36.4 Å². The lowest BCUT2D eigenvalue weighted by Gasteiger charge is -2.17. The molecule has 0 saturated heterocycles. The van der Waals surface area contributed by atoms with Crippen LogP contribution >= 0.6 is 0 Å². The van der Waals surface area contributed by atoms with Gasteiger partial charge in [0.1, 0.15) is 18.1 Å². The molecule has 0 bridgehead atoms. The molecule has 112 valence electrons. The van der Waals surface area contributed by atoms with Crippen molar-refractivity contribution in [2.75, 3.05) is 20.3 Å². The first-order chi connectivity index (χ1) is 10.2. The van der Waals surface area contributed by atoms with Gasteiger partial charge in [0, 0.05) is 18.2 Å². The zero-order chi connectivity index (χ0) is 15.1. The number of aryl methyl sites for hydroxylation is 1. The van der Waals surface area contributed by atoms with Crippen LogP contribution in [-0.4, -0.2) is 20.3 Å². The standard InChI is InChI=1S/C18H23NO2/c1-14-8-4-6-10-17(14)21-13-12-19-15(2)16-9-5-7-11-18(16)20-3/h4-11,15,19H,12-13H2,1-3H3. The zero-order valence-corrected chi connectivity index (χ0v) is 12.9. The van der Waals surface area contributed by atoms with Crippen molar-refractivity contribution in [3.8, 4) is 11.5 Å². The van der Waals surface area contributed by atoms with Crippen LogP contribution in [0, 0.1) is 6.92 Å². The second-order valence-corrected chi connectivity index (χ2v) is 5.03. The molecular formula is C18H23NO2. The number of para-hydroxylation sites is 2. The number of hydrogen-bond donors (Lipinski definition) is 1. The average Bonchev–Trinajstić information content (AvgIpc) is 2.52. The Morgan fingerprint density at radius 3 is 2.38 bits per heavy atom. The Kier molecular flexibility index (Phi) is 5.64. The first-order valence-corrected chi connectivity index (χ1v) is 7.27. The van der Waals surface area contributed by atoms with Gasteiger partial charge in [0.05, 0.1) is 7.11 Å². The predicted molar refractivity (Wildman–Crippen MR) is 86.1 cm³/mol. The summed E-state index contributed by atoms with van der Waals surface area (Å²) in [5.74, 6) is 1.86. The molecule has 21 heavy (non-hydrogen) atoms. The summed E-state index contributed by atoms with van der Waals surface area (Å²) in [4.78, 5) is 0. The van der Waals surface area contributed by atoms with E-state index < -0.39 is 0 Å². The Bertz CT molecular complexity index is 569. The number of methoxy groups -OCH3 is 1. The SMILES string of the molecule is COc1ccccc1C(C)NCCOc1ccccc1C. The van der Waals surface area contributed by atoms with E-state index in [0.717, 1.165) is 29.2 Å². The molecule has 1 N–H and O–H groups in total. The monoisotopic (exact) mass is 285 g/mol. The van der Waals surface area contributed by atoms with Gasteiger partial charge >= 0.3 is 0 Å². The quantitative estimate of drug-likeness (QED) is 0.786. The summed E-state index contributed by atoms with van der Waals surface area (Å²) in [7, 11) is 1.70. The summed E-state index contributed by atoms with van der Waals surface area (Å²) < 4.78 is 11.2. The van der Waals surface area contributed by atoms with Gasteiger partial charge in [-0.05, 0) is 31.5 Å². The highest BCUT2D eigenvalue weighted by molar-refractivity contribution is 5.35. The molecule has 0 fully saturated rings. The van der Waals surface area contributed by atoms with Crippen molar-refractivity contribution in [1.82, 2.24) is 5.32 Å². The third-order valence-electron chi connectivity index (χ3n) is 3.51. The van der Waals surface area contributed by atoms with Crippen LogP contribution in [-0.2, 0) is 0 Å². The molecule has 2 aromatic rings. The van der Waals surface area contributed by atoms with Crippen LogP contribution in [0.3, 0.4) is 0 Å². The molecule has 0 saturated carbocycles. The van der Waals surface area contributed by atoms with Crippen LogP contribution < -0.4 is 14.8 Å². The fourth-order valence-corrected chi connectivity index (χ4v) is 2.29. The lowest BCUT2D eigenvalue weighted by atomic mass is 10.1. The first-order valence-electron chi connectivity index (χ1n) is 7.27. The van der Waals surface area contributed by atoms with Crippen molar-refractivity contribution >= 4 is 0 Å². The minimum atomic E-state index is 0.224. The van der Waals surface area contributed by atoms with Gasteiger partial charge in [-0.25, -0.2) is 0 Å². The molecule has 0 spiro atoms. The van der Waals surface area contributed by atoms with Gasteiger partial charge in [-0.2, -0.15) is 0 Å². The van der Waals surface area contributed by atoms with E-state index in [2.05, 4.69) is 31.3 Å². The fraction of sp³-hybridized carbons (Fsp3) is 0.333. The molecule has 0 aliphatic heterocycles. The number of rotatable bonds is 7. The molecule has 0 radical (unpaired) electrons. The van der Waals surface area contributed by atoms with Gasteiger partial charge in [0.25, 0.3) is 0 Å². The molecule has 0 heterocycles. The Morgan fingerprint density at radius 1 is 1.00 bits per heavy atom. The largest absolute Gasteiger partial charge is 0.496 e. The van der Waals surface area contributed by atoms with E-state index in [1.165, 1.54) is 0 Å². The third kappa shape index (κ3) is 4.23. The number of hydrogen-bond acceptors (Lipinski definition) is 3. The summed E-state index contributed by atoms with van der Waals surface area (Å²) in [6.07, 6.45) is 0. The van der Waals surface area contributed by atoms with Crippen molar-refractivity contribution in [3.05, 3.63) is 59.7 Å². The van der Waals surface area contributed by atoms with Crippen molar-refractivity contribution in [3.63, 3.8) is 0 Å². The highest BCUT2D eigenvalue weighted by atomic mass is 16.5. The van der Waals surface area contributed by atoms with E-state index in [9.17, 15) is 0 Å². The van der Waals surface area contributed by atoms with Crippen molar-refractivity contribution in [2.45, 2.75) is 19.9 Å². The minimum absolute atomic E-state index is 0.224. The zero-order valence-electron chi connectivity index (χ0n) is 12.9. The molecule has 0 aliphatic rings. The average molecular weight is 285 g/mol. The van der Waals surface area contributed by atoms with Crippen molar-refractivity contribution < 1.29 is 9.47 Å². The Balaban J connectivity index is 1.82. The molecular weight excluding hydrogens is 262 g/mol. The number of benzene rings is 2. The summed E-state index contributed by atoms with van der Waals surface area (Å²) >= 11 is 0. The molecule has 1 atom stereocenters. The topological polar surface area (TPSA) is 30.5 Å². The van der Waals surface area contributed by atoms with Crippen LogP contribution in [0.4, 0.5) is 0 Å². The maximum absolute atomic E-state index is 5.79. The lowest BCUT2D eigenvalue weighted by molar-refractivity contribution is 0.304. The van der Waals surface area contributed by atoms with Crippen LogP contribution in [0.5, 0.6) is 11.5 Å². The lowest BCUT2D eigenvalue weighted by Crippen LogP contribution is -2.24. The van der Waals surface area contributed by atoms with Crippen LogP contribution in [0.15, 0.2) is 48.5 Å². The Labute approximate surface area is 126 Å². The van der Waals surface area contributed by atoms with Gasteiger partial charge < -0.3 is 14.8 Å². The summed E-state index contributed by atoms with van der Waals surface area (Å²) in [5, 5.41) is 3.46. The summed E-state index contributed by atoms with van der Waals surface area (Å²) in [6, 6.07) is 16.4. The highest BCUT2D eigenvalue weighted by Crippen LogP contribution is 2.24. The van der Waals surface area contributed by atoms with E-state index in [1.54, 1.807) is 7.11 Å². The highest BCUT2D eigenvalue weighted by Gasteiger charge is 2.09. The summed E-state index contributed by atoms with van der Waals surface area (Å²) in [6.45, 7) is 5.61. The van der Waals surface area contributed by atoms with Gasteiger partial charge in [0.15, 0.2) is 0 Å². The second kappa shape index (κ2) is 7.70. The molecule has 1 unspecified atom stereocenters. The molecule has 0 aromatic heterocycles. The predicted octanol–water partition coefficient (Wildman–Crippen LogP) is 3.73. The first kappa shape index (κ1) is 15.4. The maximum atomic E-state index is 5.79. The van der Waals surface area contributed by atoms with Crippen LogP contribution in [0.25, 0.3) is 0 Å².